The molecule has 6 nitrogen and oxygen atoms in total. The molecule has 21 heavy (non-hydrogen) atoms. The van der Waals surface area contributed by atoms with Crippen molar-refractivity contribution < 1.29 is 19.1 Å². The second kappa shape index (κ2) is 6.05. The normalized spacial score (nSPS) is 14.0. The van der Waals surface area contributed by atoms with Crippen LogP contribution in [0.1, 0.15) is 33.3 Å². The summed E-state index contributed by atoms with van der Waals surface area (Å²) in [6.45, 7) is 6.34. The largest absolute Gasteiger partial charge is 0.443 e. The Labute approximate surface area is 123 Å². The number of hydrogen-bond acceptors (Lipinski definition) is 5. The van der Waals surface area contributed by atoms with Gasteiger partial charge in [-0.25, -0.2) is 4.79 Å². The van der Waals surface area contributed by atoms with Crippen LogP contribution in [0.4, 0.5) is 4.79 Å². The highest BCUT2D eigenvalue weighted by atomic mass is 16.6. The first-order chi connectivity index (χ1) is 9.59. The summed E-state index contributed by atoms with van der Waals surface area (Å²) in [6.07, 6.45) is -0.931. The smallest absolute Gasteiger partial charge is 0.423 e. The average Bonchev–Trinajstić information content (AvgIpc) is 2.38. The van der Waals surface area contributed by atoms with Crippen LogP contribution < -0.4 is 5.73 Å². The van der Waals surface area contributed by atoms with Gasteiger partial charge in [-0.1, -0.05) is 30.3 Å². The molecule has 0 aliphatic rings. The first-order valence-electron chi connectivity index (χ1n) is 6.46. The molecule has 1 atom stereocenters. The number of amides is 3. The van der Waals surface area contributed by atoms with Gasteiger partial charge < -0.3 is 10.5 Å². The van der Waals surface area contributed by atoms with Gasteiger partial charge in [0.15, 0.2) is 0 Å². The summed E-state index contributed by atoms with van der Waals surface area (Å²) in [5.74, 6) is -0.849. The van der Waals surface area contributed by atoms with Gasteiger partial charge in [0, 0.05) is 0 Å². The van der Waals surface area contributed by atoms with E-state index < -0.39 is 23.1 Å². The van der Waals surface area contributed by atoms with Crippen LogP contribution in [0.3, 0.4) is 0 Å². The quantitative estimate of drug-likeness (QED) is 0.858. The molecule has 0 saturated carbocycles. The van der Waals surface area contributed by atoms with Crippen LogP contribution in [0.15, 0.2) is 30.3 Å². The molecule has 1 aromatic rings. The molecule has 114 valence electrons. The molecule has 0 spiro atoms. The summed E-state index contributed by atoms with van der Waals surface area (Å²) in [7, 11) is 0. The van der Waals surface area contributed by atoms with Gasteiger partial charge >= 0.3 is 6.09 Å². The lowest BCUT2D eigenvalue weighted by Crippen LogP contribution is -2.53. The van der Waals surface area contributed by atoms with Gasteiger partial charge in [-0.2, -0.15) is 4.90 Å². The summed E-state index contributed by atoms with van der Waals surface area (Å²) in [5.41, 5.74) is 4.15. The minimum Gasteiger partial charge on any atom is -0.443 e. The lowest BCUT2D eigenvalue weighted by molar-refractivity contribution is -0.141. The summed E-state index contributed by atoms with van der Waals surface area (Å²) < 4.78 is 5.02. The predicted molar refractivity (Wildman–Crippen MR) is 77.1 cm³/mol. The third kappa shape index (κ3) is 4.13. The summed E-state index contributed by atoms with van der Waals surface area (Å²) in [4.78, 5) is 35.8. The minimum absolute atomic E-state index is 0.116. The van der Waals surface area contributed by atoms with Gasteiger partial charge in [-0.15, -0.1) is 0 Å². The molecule has 0 fully saturated rings. The molecule has 0 saturated heterocycles. The van der Waals surface area contributed by atoms with Crippen LogP contribution in [-0.2, 0) is 19.9 Å². The van der Waals surface area contributed by atoms with Crippen molar-refractivity contribution in [3.8, 4) is 0 Å². The van der Waals surface area contributed by atoms with E-state index in [1.807, 2.05) is 0 Å². The van der Waals surface area contributed by atoms with Gasteiger partial charge in [0.25, 0.3) is 5.91 Å². The van der Waals surface area contributed by atoms with Crippen molar-refractivity contribution >= 4 is 18.4 Å². The molecule has 0 aliphatic heterocycles. The van der Waals surface area contributed by atoms with E-state index in [0.29, 0.717) is 10.5 Å². The monoisotopic (exact) mass is 292 g/mol. The summed E-state index contributed by atoms with van der Waals surface area (Å²) in [6, 6.07) is 8.50. The Kier molecular flexibility index (Phi) is 4.85. The van der Waals surface area contributed by atoms with Crippen molar-refractivity contribution in [1.82, 2.24) is 4.90 Å². The maximum Gasteiger partial charge on any atom is 0.423 e. The number of carbonyl (C=O) groups excluding carboxylic acids is 3. The van der Waals surface area contributed by atoms with Gasteiger partial charge in [-0.05, 0) is 33.3 Å². The molecule has 6 heteroatoms. The Morgan fingerprint density at radius 1 is 1.14 bits per heavy atom. The van der Waals surface area contributed by atoms with Crippen LogP contribution >= 0.6 is 0 Å². The van der Waals surface area contributed by atoms with Gasteiger partial charge in [0.1, 0.15) is 11.1 Å². The molecule has 3 amide bonds. The van der Waals surface area contributed by atoms with Gasteiger partial charge in [-0.3, -0.25) is 9.59 Å². The van der Waals surface area contributed by atoms with E-state index in [-0.39, 0.29) is 6.41 Å². The highest BCUT2D eigenvalue weighted by Crippen LogP contribution is 2.21. The summed E-state index contributed by atoms with van der Waals surface area (Å²) >= 11 is 0. The number of benzene rings is 1. The van der Waals surface area contributed by atoms with E-state index in [1.165, 1.54) is 6.92 Å². The maximum atomic E-state index is 12.4. The minimum atomic E-state index is -1.51. The number of rotatable bonds is 3. The number of carbonyl (C=O) groups is 3. The molecule has 0 aromatic heterocycles. The molecule has 0 radical (unpaired) electrons. The van der Waals surface area contributed by atoms with E-state index in [4.69, 9.17) is 10.5 Å². The number of hydrogen-bond donors (Lipinski definition) is 1. The second-order valence-electron chi connectivity index (χ2n) is 5.83. The van der Waals surface area contributed by atoms with Crippen molar-refractivity contribution in [2.45, 2.75) is 38.8 Å². The zero-order valence-electron chi connectivity index (χ0n) is 12.6. The van der Waals surface area contributed by atoms with Gasteiger partial charge in [0.2, 0.25) is 6.41 Å². The highest BCUT2D eigenvalue weighted by molar-refractivity contribution is 6.06. The van der Waals surface area contributed by atoms with Crippen LogP contribution in [0.2, 0.25) is 0 Å². The lowest BCUT2D eigenvalue weighted by atomic mass is 9.92. The SMILES string of the molecule is CC(C)(C)OC(=O)N(C=O)C(=O)C(C)(N)c1ccccc1. The van der Waals surface area contributed by atoms with Gasteiger partial charge in [0.05, 0.1) is 0 Å². The molecule has 0 bridgehead atoms. The van der Waals surface area contributed by atoms with Crippen LogP contribution in [0, 0.1) is 0 Å². The third-order valence-electron chi connectivity index (χ3n) is 2.73. The molecular formula is C15H20N2O4. The molecule has 2 N–H and O–H groups in total. The topological polar surface area (TPSA) is 89.7 Å². The third-order valence-corrected chi connectivity index (χ3v) is 2.73. The second-order valence-corrected chi connectivity index (χ2v) is 5.83. The lowest BCUT2D eigenvalue weighted by Gasteiger charge is -2.29. The average molecular weight is 292 g/mol. The molecule has 1 rings (SSSR count). The fraction of sp³-hybridized carbons (Fsp3) is 0.400. The fourth-order valence-electron chi connectivity index (χ4n) is 1.64. The number of nitrogens with two attached hydrogens (primary N) is 1. The Hall–Kier alpha value is -2.21. The van der Waals surface area contributed by atoms with Crippen LogP contribution in [0.5, 0.6) is 0 Å². The molecule has 0 heterocycles. The maximum absolute atomic E-state index is 12.4. The molecule has 1 aromatic carbocycles. The Morgan fingerprint density at radius 2 is 1.67 bits per heavy atom. The Balaban J connectivity index is 3.03. The zero-order valence-corrected chi connectivity index (χ0v) is 12.6. The first-order valence-corrected chi connectivity index (χ1v) is 6.46. The van der Waals surface area contributed by atoms with Crippen LogP contribution in [-0.4, -0.2) is 28.9 Å². The van der Waals surface area contributed by atoms with E-state index in [9.17, 15) is 14.4 Å². The summed E-state index contributed by atoms with van der Waals surface area (Å²) in [5, 5.41) is 0. The zero-order chi connectivity index (χ0) is 16.3. The van der Waals surface area contributed by atoms with Crippen LogP contribution in [0.25, 0.3) is 0 Å². The number of ether oxygens (including phenoxy) is 1. The Bertz CT molecular complexity index is 532. The molecular weight excluding hydrogens is 272 g/mol. The molecule has 0 aliphatic carbocycles. The Morgan fingerprint density at radius 3 is 2.10 bits per heavy atom. The van der Waals surface area contributed by atoms with Crippen molar-refractivity contribution in [2.75, 3.05) is 0 Å². The predicted octanol–water partition coefficient (Wildman–Crippen LogP) is 1.78. The van der Waals surface area contributed by atoms with E-state index in [0.717, 1.165) is 0 Å². The number of nitrogens with zero attached hydrogens (tertiary/aromatic N) is 1. The first kappa shape index (κ1) is 16.8. The van der Waals surface area contributed by atoms with E-state index in [1.54, 1.807) is 51.1 Å². The van der Waals surface area contributed by atoms with Crippen molar-refractivity contribution in [1.29, 1.82) is 0 Å². The highest BCUT2D eigenvalue weighted by Gasteiger charge is 2.39. The van der Waals surface area contributed by atoms with Crippen molar-refractivity contribution in [3.05, 3.63) is 35.9 Å². The fourth-order valence-corrected chi connectivity index (χ4v) is 1.64. The molecule has 1 unspecified atom stereocenters. The standard InChI is InChI=1S/C15H20N2O4/c1-14(2,3)21-13(20)17(10-18)12(19)15(4,16)11-8-6-5-7-9-11/h5-10H,16H2,1-4H3. The number of imide groups is 3. The van der Waals surface area contributed by atoms with Crippen molar-refractivity contribution in [3.63, 3.8) is 0 Å². The van der Waals surface area contributed by atoms with E-state index >= 15 is 0 Å². The van der Waals surface area contributed by atoms with E-state index in [2.05, 4.69) is 0 Å². The van der Waals surface area contributed by atoms with Crippen molar-refractivity contribution in [2.24, 2.45) is 5.73 Å².